The third-order valence-electron chi connectivity index (χ3n) is 7.74. The predicted octanol–water partition coefficient (Wildman–Crippen LogP) is 6.03. The van der Waals surface area contributed by atoms with E-state index in [4.69, 9.17) is 13.8 Å². The molecule has 39 heavy (non-hydrogen) atoms. The smallest absolute Gasteiger partial charge is 0.344 e. The molecule has 3 atom stereocenters. The van der Waals surface area contributed by atoms with Crippen LogP contribution in [0, 0.1) is 5.92 Å². The Hall–Kier alpha value is -1.96. The molecular weight excluding hydrogens is 517 g/mol. The van der Waals surface area contributed by atoms with Crippen LogP contribution >= 0.6 is 7.82 Å². The van der Waals surface area contributed by atoms with E-state index in [1.54, 1.807) is 31.1 Å². The highest BCUT2D eigenvalue weighted by atomic mass is 31.2. The van der Waals surface area contributed by atoms with Gasteiger partial charge in [0.05, 0.1) is 6.61 Å². The van der Waals surface area contributed by atoms with Crippen LogP contribution in [0.4, 0.5) is 0 Å². The molecule has 0 amide bonds. The quantitative estimate of drug-likeness (QED) is 0.142. The van der Waals surface area contributed by atoms with Crippen LogP contribution < -0.4 is 9.63 Å². The summed E-state index contributed by atoms with van der Waals surface area (Å²) in [6.45, 7) is 10.6. The molecule has 1 N–H and O–H groups in total. The zero-order chi connectivity index (χ0) is 28.8. The molecule has 0 saturated heterocycles. The summed E-state index contributed by atoms with van der Waals surface area (Å²) < 4.78 is 29.5. The number of hydrogen-bond acceptors (Lipinski definition) is 8. The first-order chi connectivity index (χ1) is 18.4. The van der Waals surface area contributed by atoms with E-state index in [1.165, 1.54) is 5.57 Å². The predicted molar refractivity (Wildman–Crippen MR) is 151 cm³/mol. The fraction of sp³-hybridized carbons (Fsp3) is 0.633. The van der Waals surface area contributed by atoms with E-state index in [0.29, 0.717) is 31.4 Å². The molecule has 1 aromatic rings. The van der Waals surface area contributed by atoms with Crippen molar-refractivity contribution in [3.63, 3.8) is 0 Å². The molecule has 1 unspecified atom stereocenters. The van der Waals surface area contributed by atoms with Crippen LogP contribution in [-0.4, -0.2) is 48.8 Å². The monoisotopic (exact) mass is 562 g/mol. The number of rotatable bonds is 12. The summed E-state index contributed by atoms with van der Waals surface area (Å²) in [5, 5.41) is 11.3. The fourth-order valence-electron chi connectivity index (χ4n) is 5.65. The van der Waals surface area contributed by atoms with Crippen molar-refractivity contribution in [2.75, 3.05) is 27.2 Å². The van der Waals surface area contributed by atoms with Gasteiger partial charge in [0.1, 0.15) is 11.5 Å². The number of nitrogens with zero attached hydrogens (tertiary/aromatic N) is 1. The second kappa shape index (κ2) is 13.6. The number of phosphoric ester groups is 1. The Morgan fingerprint density at radius 3 is 2.56 bits per heavy atom. The molecular formula is C30H45NO7P-. The van der Waals surface area contributed by atoms with E-state index >= 15 is 0 Å². The van der Waals surface area contributed by atoms with Crippen molar-refractivity contribution in [2.24, 2.45) is 5.92 Å². The van der Waals surface area contributed by atoms with Crippen LogP contribution in [0.2, 0.25) is 0 Å². The molecule has 0 aliphatic heterocycles. The van der Waals surface area contributed by atoms with Crippen LogP contribution in [0.1, 0.15) is 89.2 Å². The van der Waals surface area contributed by atoms with Crippen LogP contribution in [0.25, 0.3) is 0 Å². The second-order valence-corrected chi connectivity index (χ2v) is 12.8. The zero-order valence-corrected chi connectivity index (χ0v) is 25.1. The van der Waals surface area contributed by atoms with Gasteiger partial charge in [-0.2, -0.15) is 0 Å². The lowest BCUT2D eigenvalue weighted by Gasteiger charge is -2.39. The number of likely N-dealkylation sites (N-methyl/N-ethyl adjacent to an activating group) is 1. The Morgan fingerprint density at radius 1 is 1.26 bits per heavy atom. The van der Waals surface area contributed by atoms with Gasteiger partial charge in [0.2, 0.25) is 0 Å². The summed E-state index contributed by atoms with van der Waals surface area (Å²) in [5.74, 6) is -0.620. The van der Waals surface area contributed by atoms with E-state index in [9.17, 15) is 19.4 Å². The van der Waals surface area contributed by atoms with Crippen molar-refractivity contribution in [3.8, 4) is 11.5 Å². The van der Waals surface area contributed by atoms with Gasteiger partial charge < -0.3 is 24.2 Å². The maximum absolute atomic E-state index is 13.9. The van der Waals surface area contributed by atoms with Crippen molar-refractivity contribution in [1.82, 2.24) is 4.90 Å². The Bertz CT molecular complexity index is 1110. The van der Waals surface area contributed by atoms with E-state index in [-0.39, 0.29) is 42.8 Å². The molecule has 2 aliphatic carbocycles. The summed E-state index contributed by atoms with van der Waals surface area (Å²) in [7, 11) is -1.18. The lowest BCUT2D eigenvalue weighted by atomic mass is 9.73. The number of ether oxygens (including phenoxy) is 1. The Labute approximate surface area is 233 Å². The third kappa shape index (κ3) is 8.27. The molecule has 0 bridgehead atoms. The zero-order valence-electron chi connectivity index (χ0n) is 24.2. The summed E-state index contributed by atoms with van der Waals surface area (Å²) >= 11 is 0. The summed E-state index contributed by atoms with van der Waals surface area (Å²) in [6.07, 6.45) is 8.01. The summed E-state index contributed by atoms with van der Waals surface area (Å²) in [5.41, 5.74) is 1.88. The van der Waals surface area contributed by atoms with E-state index < -0.39 is 19.4 Å². The number of benzene rings is 1. The number of esters is 1. The third-order valence-corrected chi connectivity index (χ3v) is 8.81. The number of carbonyl (C=O) groups is 1. The Balaban J connectivity index is 2.00. The average Bonchev–Trinajstić information content (AvgIpc) is 2.83. The number of aryl methyl sites for hydroxylation is 1. The lowest BCUT2D eigenvalue weighted by Crippen LogP contribution is -2.46. The minimum Gasteiger partial charge on any atom is -0.756 e. The SMILES string of the molecule is C=C(C)[C@@H]1CCC(C)=C[C@H]1c1c(O)cc(CCC)cc1OC(=O)C1(OP(=O)([O-])OCCN(C)C)CCCCC1. The van der Waals surface area contributed by atoms with E-state index in [2.05, 4.69) is 19.6 Å². The van der Waals surface area contributed by atoms with E-state index in [0.717, 1.165) is 36.8 Å². The van der Waals surface area contributed by atoms with Crippen LogP contribution in [0.3, 0.4) is 0 Å². The van der Waals surface area contributed by atoms with Gasteiger partial charge in [0, 0.05) is 18.0 Å². The number of phosphoric acid groups is 1. The van der Waals surface area contributed by atoms with Crippen LogP contribution in [-0.2, 0) is 24.8 Å². The number of allylic oxidation sites excluding steroid dienone is 3. The maximum Gasteiger partial charge on any atom is 0.344 e. The molecule has 3 rings (SSSR count). The number of hydrogen-bond donors (Lipinski definition) is 1. The molecule has 2 aliphatic rings. The highest BCUT2D eigenvalue weighted by Gasteiger charge is 2.46. The van der Waals surface area contributed by atoms with Gasteiger partial charge in [0.25, 0.3) is 7.82 Å². The normalized spacial score (nSPS) is 22.7. The van der Waals surface area contributed by atoms with Crippen molar-refractivity contribution < 1.29 is 33.1 Å². The number of carbonyl (C=O) groups excluding carboxylic acids is 1. The Kier molecular flexibility index (Phi) is 11.0. The first-order valence-corrected chi connectivity index (χ1v) is 15.6. The minimum atomic E-state index is -4.79. The molecule has 0 aromatic heterocycles. The van der Waals surface area contributed by atoms with Crippen molar-refractivity contribution >= 4 is 13.8 Å². The lowest BCUT2D eigenvalue weighted by molar-refractivity contribution is -0.240. The minimum absolute atomic E-state index is 0.0612. The van der Waals surface area contributed by atoms with Crippen molar-refractivity contribution in [1.29, 1.82) is 0 Å². The Morgan fingerprint density at radius 2 is 1.95 bits per heavy atom. The average molecular weight is 563 g/mol. The van der Waals surface area contributed by atoms with Crippen molar-refractivity contribution in [3.05, 3.63) is 47.1 Å². The van der Waals surface area contributed by atoms with Gasteiger partial charge in [-0.05, 0) is 96.5 Å². The highest BCUT2D eigenvalue weighted by Crippen LogP contribution is 2.50. The molecule has 0 radical (unpaired) electrons. The van der Waals surface area contributed by atoms with Gasteiger partial charge in [-0.15, -0.1) is 0 Å². The molecule has 1 saturated carbocycles. The standard InChI is InChI=1S/C30H46NO7P/c1-7-11-23-19-26(32)28(25-18-22(4)12-13-24(25)21(2)3)27(20-23)37-29(33)30(14-9-8-10-15-30)38-39(34,35)36-17-16-31(5)6/h18-20,24-25,32H,2,7-17H2,1,3-6H3,(H,34,35)/p-1/t24-,25+/m0/s1. The van der Waals surface area contributed by atoms with Crippen LogP contribution in [0.15, 0.2) is 35.9 Å². The first-order valence-electron chi connectivity index (χ1n) is 14.1. The van der Waals surface area contributed by atoms with Gasteiger partial charge in [-0.1, -0.05) is 43.6 Å². The molecule has 8 nitrogen and oxygen atoms in total. The van der Waals surface area contributed by atoms with Crippen LogP contribution in [0.5, 0.6) is 11.5 Å². The molecule has 0 heterocycles. The molecule has 1 fully saturated rings. The van der Waals surface area contributed by atoms with E-state index in [1.807, 2.05) is 13.8 Å². The van der Waals surface area contributed by atoms with Gasteiger partial charge in [-0.3, -0.25) is 9.09 Å². The summed E-state index contributed by atoms with van der Waals surface area (Å²) in [6, 6.07) is 3.53. The second-order valence-electron chi connectivity index (χ2n) is 11.4. The topological polar surface area (TPSA) is 108 Å². The molecule has 218 valence electrons. The van der Waals surface area contributed by atoms with Gasteiger partial charge >= 0.3 is 5.97 Å². The molecule has 1 aromatic carbocycles. The maximum atomic E-state index is 13.9. The number of phenols is 1. The number of phenolic OH excluding ortho intramolecular Hbond substituents is 1. The molecule has 0 spiro atoms. The fourth-order valence-corrected chi connectivity index (χ4v) is 6.69. The first kappa shape index (κ1) is 31.6. The summed E-state index contributed by atoms with van der Waals surface area (Å²) in [4.78, 5) is 28.5. The van der Waals surface area contributed by atoms with Gasteiger partial charge in [-0.25, -0.2) is 4.79 Å². The van der Waals surface area contributed by atoms with Crippen molar-refractivity contribution in [2.45, 2.75) is 90.1 Å². The number of aromatic hydroxyl groups is 1. The van der Waals surface area contributed by atoms with Gasteiger partial charge in [0.15, 0.2) is 5.60 Å². The molecule has 9 heteroatoms. The highest BCUT2D eigenvalue weighted by molar-refractivity contribution is 7.46. The largest absolute Gasteiger partial charge is 0.756 e.